The largest absolute Gasteiger partial charge is 0.456 e. The SMILES string of the molecule is c1ccc(-c2nc3cc4c(cc3o2)oc2c(N(c3ccc5c(c3)oc3ccccc35)c3ccc5oc6ccccc6c5c3)cccc24)cc1. The molecule has 11 rings (SSSR count). The first-order valence-electron chi connectivity index (χ1n) is 16.2. The number of hydrogen-bond donors (Lipinski definition) is 0. The first-order valence-corrected chi connectivity index (χ1v) is 16.2. The second-order valence-electron chi connectivity index (χ2n) is 12.3. The second-order valence-corrected chi connectivity index (χ2v) is 12.3. The van der Waals surface area contributed by atoms with Crippen molar-refractivity contribution < 1.29 is 17.7 Å². The van der Waals surface area contributed by atoms with Crippen LogP contribution in [0.15, 0.2) is 163 Å². The Morgan fingerprint density at radius 2 is 1.02 bits per heavy atom. The van der Waals surface area contributed by atoms with Gasteiger partial charge in [0.15, 0.2) is 11.2 Å². The van der Waals surface area contributed by atoms with Gasteiger partial charge < -0.3 is 22.6 Å². The summed E-state index contributed by atoms with van der Waals surface area (Å²) in [4.78, 5) is 7.06. The van der Waals surface area contributed by atoms with Crippen LogP contribution in [0.2, 0.25) is 0 Å². The maximum Gasteiger partial charge on any atom is 0.227 e. The number of oxazole rings is 1. The summed E-state index contributed by atoms with van der Waals surface area (Å²) in [6, 6.07) is 49.2. The normalized spacial score (nSPS) is 12.1. The summed E-state index contributed by atoms with van der Waals surface area (Å²) in [5.41, 5.74) is 10.1. The molecular weight excluding hydrogens is 608 g/mol. The maximum atomic E-state index is 6.74. The minimum Gasteiger partial charge on any atom is -0.456 e. The average molecular weight is 633 g/mol. The molecule has 230 valence electrons. The number of furan rings is 3. The second kappa shape index (κ2) is 9.86. The Morgan fingerprint density at radius 3 is 1.88 bits per heavy atom. The van der Waals surface area contributed by atoms with Gasteiger partial charge in [0, 0.05) is 55.7 Å². The monoisotopic (exact) mass is 632 g/mol. The highest BCUT2D eigenvalue weighted by atomic mass is 16.4. The van der Waals surface area contributed by atoms with Crippen LogP contribution in [0.1, 0.15) is 0 Å². The summed E-state index contributed by atoms with van der Waals surface area (Å²) >= 11 is 0. The van der Waals surface area contributed by atoms with Crippen LogP contribution < -0.4 is 4.90 Å². The summed E-state index contributed by atoms with van der Waals surface area (Å²) in [6.07, 6.45) is 0. The van der Waals surface area contributed by atoms with Crippen molar-refractivity contribution in [3.63, 3.8) is 0 Å². The van der Waals surface area contributed by atoms with E-state index in [1.807, 2.05) is 78.9 Å². The molecule has 0 aliphatic heterocycles. The molecule has 7 aromatic carbocycles. The Kier molecular flexibility index (Phi) is 5.29. The van der Waals surface area contributed by atoms with Crippen LogP contribution in [-0.4, -0.2) is 4.98 Å². The average Bonchev–Trinajstić information content (AvgIpc) is 3.92. The van der Waals surface area contributed by atoms with Gasteiger partial charge in [0.05, 0.1) is 11.4 Å². The number of rotatable bonds is 4. The Balaban J connectivity index is 1.15. The molecule has 4 heterocycles. The Morgan fingerprint density at radius 1 is 0.388 bits per heavy atom. The molecule has 0 unspecified atom stereocenters. The van der Waals surface area contributed by atoms with E-state index >= 15 is 0 Å². The molecule has 0 aliphatic carbocycles. The lowest BCUT2D eigenvalue weighted by Crippen LogP contribution is -2.10. The fourth-order valence-electron chi connectivity index (χ4n) is 7.22. The van der Waals surface area contributed by atoms with E-state index in [9.17, 15) is 0 Å². The highest BCUT2D eigenvalue weighted by Crippen LogP contribution is 2.45. The molecule has 6 heteroatoms. The molecule has 4 aromatic heterocycles. The van der Waals surface area contributed by atoms with Gasteiger partial charge in [0.1, 0.15) is 33.4 Å². The van der Waals surface area contributed by atoms with Gasteiger partial charge in [-0.25, -0.2) is 4.98 Å². The highest BCUT2D eigenvalue weighted by Gasteiger charge is 2.22. The fourth-order valence-corrected chi connectivity index (χ4v) is 7.22. The number of hydrogen-bond acceptors (Lipinski definition) is 6. The molecule has 0 amide bonds. The van der Waals surface area contributed by atoms with Crippen molar-refractivity contribution in [3.8, 4) is 11.5 Å². The number of nitrogens with zero attached hydrogens (tertiary/aromatic N) is 2. The molecular formula is C43H24N2O4. The van der Waals surface area contributed by atoms with Gasteiger partial charge in [0.25, 0.3) is 0 Å². The highest BCUT2D eigenvalue weighted by molar-refractivity contribution is 6.14. The molecule has 0 saturated carbocycles. The van der Waals surface area contributed by atoms with Crippen molar-refractivity contribution in [1.82, 2.24) is 4.98 Å². The Hall–Kier alpha value is -6.79. The molecule has 0 spiro atoms. The zero-order chi connectivity index (χ0) is 32.1. The third kappa shape index (κ3) is 3.92. The third-order valence-corrected chi connectivity index (χ3v) is 9.49. The van der Waals surface area contributed by atoms with Gasteiger partial charge in [-0.3, -0.25) is 0 Å². The molecule has 11 aromatic rings. The molecule has 0 fully saturated rings. The molecule has 0 radical (unpaired) electrons. The van der Waals surface area contributed by atoms with Gasteiger partial charge in [-0.15, -0.1) is 0 Å². The molecule has 49 heavy (non-hydrogen) atoms. The molecule has 0 saturated heterocycles. The van der Waals surface area contributed by atoms with E-state index in [2.05, 4.69) is 71.6 Å². The Bertz CT molecular complexity index is 3070. The van der Waals surface area contributed by atoms with E-state index in [1.54, 1.807) is 0 Å². The van der Waals surface area contributed by atoms with Crippen LogP contribution >= 0.6 is 0 Å². The number of benzene rings is 7. The first-order chi connectivity index (χ1) is 24.2. The van der Waals surface area contributed by atoms with Crippen molar-refractivity contribution in [2.75, 3.05) is 4.90 Å². The van der Waals surface area contributed by atoms with Crippen LogP contribution in [-0.2, 0) is 0 Å². The lowest BCUT2D eigenvalue weighted by atomic mass is 10.1. The molecule has 0 atom stereocenters. The number of aromatic nitrogens is 1. The maximum absolute atomic E-state index is 6.74. The van der Waals surface area contributed by atoms with Gasteiger partial charge >= 0.3 is 0 Å². The predicted octanol–water partition coefficient (Wildman–Crippen LogP) is 12.7. The summed E-state index contributed by atoms with van der Waals surface area (Å²) in [7, 11) is 0. The van der Waals surface area contributed by atoms with E-state index < -0.39 is 0 Å². The zero-order valence-electron chi connectivity index (χ0n) is 25.9. The van der Waals surface area contributed by atoms with E-state index in [0.29, 0.717) is 11.5 Å². The lowest BCUT2D eigenvalue weighted by Gasteiger charge is -2.25. The van der Waals surface area contributed by atoms with Crippen molar-refractivity contribution in [2.24, 2.45) is 0 Å². The van der Waals surface area contributed by atoms with Gasteiger partial charge in [-0.1, -0.05) is 66.7 Å². The fraction of sp³-hybridized carbons (Fsp3) is 0. The van der Waals surface area contributed by atoms with E-state index in [0.717, 1.165) is 94.0 Å². The van der Waals surface area contributed by atoms with Crippen molar-refractivity contribution >= 4 is 94.0 Å². The predicted molar refractivity (Wildman–Crippen MR) is 196 cm³/mol. The van der Waals surface area contributed by atoms with E-state index in [-0.39, 0.29) is 0 Å². The van der Waals surface area contributed by atoms with Crippen molar-refractivity contribution in [3.05, 3.63) is 146 Å². The summed E-state index contributed by atoms with van der Waals surface area (Å²) in [5.74, 6) is 0.586. The quantitative estimate of drug-likeness (QED) is 0.192. The lowest BCUT2D eigenvalue weighted by molar-refractivity contribution is 0.617. The van der Waals surface area contributed by atoms with Crippen molar-refractivity contribution in [1.29, 1.82) is 0 Å². The Labute approximate surface area is 278 Å². The van der Waals surface area contributed by atoms with Crippen molar-refractivity contribution in [2.45, 2.75) is 0 Å². The van der Waals surface area contributed by atoms with Crippen LogP contribution in [0.3, 0.4) is 0 Å². The van der Waals surface area contributed by atoms with E-state index in [4.69, 9.17) is 22.7 Å². The van der Waals surface area contributed by atoms with Gasteiger partial charge in [-0.2, -0.15) is 0 Å². The molecule has 0 bridgehead atoms. The molecule has 0 aliphatic rings. The van der Waals surface area contributed by atoms with Gasteiger partial charge in [-0.05, 0) is 66.7 Å². The third-order valence-electron chi connectivity index (χ3n) is 9.49. The van der Waals surface area contributed by atoms with Gasteiger partial charge in [0.2, 0.25) is 5.89 Å². The summed E-state index contributed by atoms with van der Waals surface area (Å²) in [5, 5.41) is 6.24. The molecule has 6 nitrogen and oxygen atoms in total. The minimum atomic E-state index is 0.586. The topological polar surface area (TPSA) is 68.7 Å². The minimum absolute atomic E-state index is 0.586. The first kappa shape index (κ1) is 26.3. The van der Waals surface area contributed by atoms with Crippen LogP contribution in [0, 0.1) is 0 Å². The number of para-hydroxylation sites is 3. The van der Waals surface area contributed by atoms with E-state index in [1.165, 1.54) is 0 Å². The smallest absolute Gasteiger partial charge is 0.227 e. The molecule has 0 N–H and O–H groups in total. The summed E-state index contributed by atoms with van der Waals surface area (Å²) in [6.45, 7) is 0. The number of anilines is 3. The van der Waals surface area contributed by atoms with Crippen LogP contribution in [0.4, 0.5) is 17.1 Å². The van der Waals surface area contributed by atoms with Crippen LogP contribution in [0.5, 0.6) is 0 Å². The standard InChI is InChI=1S/C43H24N2O4/c1-2-9-25(10-3-1)43-44-34-23-33-31-13-8-14-35(42(31)48-40(33)24-41(34)49-43)45(26-18-20-38-32(21-26)29-12-5-7-16-37(29)46-38)27-17-19-30-28-11-4-6-15-36(28)47-39(30)22-27/h1-24H. The number of fused-ring (bicyclic) bond motifs is 10. The zero-order valence-corrected chi connectivity index (χ0v) is 25.9. The van der Waals surface area contributed by atoms with Crippen LogP contribution in [0.25, 0.3) is 88.4 Å². The summed E-state index contributed by atoms with van der Waals surface area (Å²) < 4.78 is 25.5.